The molecular weight excluding hydrogens is 348 g/mol. The molecule has 1 aromatic carbocycles. The standard InChI is InChI=1S/C19H20N4O2S/c24-18(9-4-10-20-19(25)16-8-5-11-26-16)22-13-17-21-12-15(23-17)14-6-2-1-3-7-14/h1-3,5-8,11-12H,4,9-10,13H2,(H,20,25)(H,21,23)(H,22,24). The molecule has 7 heteroatoms. The van der Waals surface area contributed by atoms with Crippen molar-refractivity contribution in [3.8, 4) is 11.3 Å². The van der Waals surface area contributed by atoms with Crippen LogP contribution in [-0.2, 0) is 11.3 Å². The summed E-state index contributed by atoms with van der Waals surface area (Å²) < 4.78 is 0. The second-order valence-corrected chi connectivity index (χ2v) is 6.67. The summed E-state index contributed by atoms with van der Waals surface area (Å²) in [6, 6.07) is 13.5. The van der Waals surface area contributed by atoms with Crippen LogP contribution < -0.4 is 10.6 Å². The number of aromatic nitrogens is 2. The Morgan fingerprint density at radius 3 is 2.69 bits per heavy atom. The molecule has 0 aliphatic heterocycles. The van der Waals surface area contributed by atoms with Gasteiger partial charge in [-0.3, -0.25) is 9.59 Å². The van der Waals surface area contributed by atoms with Crippen molar-refractivity contribution in [1.82, 2.24) is 20.6 Å². The second kappa shape index (κ2) is 8.96. The average molecular weight is 368 g/mol. The largest absolute Gasteiger partial charge is 0.351 e. The number of carbonyl (C=O) groups is 2. The fourth-order valence-electron chi connectivity index (χ4n) is 2.43. The summed E-state index contributed by atoms with van der Waals surface area (Å²) in [5.41, 5.74) is 1.98. The van der Waals surface area contributed by atoms with Crippen LogP contribution in [0.1, 0.15) is 28.3 Å². The first-order valence-corrected chi connectivity index (χ1v) is 9.28. The fraction of sp³-hybridized carbons (Fsp3) is 0.211. The van der Waals surface area contributed by atoms with E-state index < -0.39 is 0 Å². The number of nitrogens with zero attached hydrogens (tertiary/aromatic N) is 1. The van der Waals surface area contributed by atoms with Gasteiger partial charge in [0, 0.05) is 13.0 Å². The molecule has 0 bridgehead atoms. The van der Waals surface area contributed by atoms with Crippen LogP contribution in [0.5, 0.6) is 0 Å². The molecule has 26 heavy (non-hydrogen) atoms. The van der Waals surface area contributed by atoms with Crippen LogP contribution in [-0.4, -0.2) is 28.3 Å². The van der Waals surface area contributed by atoms with Gasteiger partial charge in [0.1, 0.15) is 5.82 Å². The zero-order valence-electron chi connectivity index (χ0n) is 14.2. The highest BCUT2D eigenvalue weighted by molar-refractivity contribution is 7.12. The van der Waals surface area contributed by atoms with Crippen molar-refractivity contribution in [1.29, 1.82) is 0 Å². The van der Waals surface area contributed by atoms with E-state index in [9.17, 15) is 9.59 Å². The molecule has 0 atom stereocenters. The molecule has 0 spiro atoms. The van der Waals surface area contributed by atoms with Gasteiger partial charge in [0.2, 0.25) is 5.91 Å². The van der Waals surface area contributed by atoms with Crippen LogP contribution >= 0.6 is 11.3 Å². The molecule has 3 rings (SSSR count). The number of nitrogens with one attached hydrogen (secondary N) is 3. The molecule has 3 N–H and O–H groups in total. The minimum absolute atomic E-state index is 0.0620. The topological polar surface area (TPSA) is 86.9 Å². The van der Waals surface area contributed by atoms with Gasteiger partial charge >= 0.3 is 0 Å². The Balaban J connectivity index is 1.35. The fourth-order valence-corrected chi connectivity index (χ4v) is 3.07. The Hall–Kier alpha value is -2.93. The third-order valence-electron chi connectivity index (χ3n) is 3.78. The number of rotatable bonds is 8. The van der Waals surface area contributed by atoms with Crippen LogP contribution in [0.2, 0.25) is 0 Å². The zero-order valence-corrected chi connectivity index (χ0v) is 15.0. The van der Waals surface area contributed by atoms with Crippen molar-refractivity contribution < 1.29 is 9.59 Å². The maximum atomic E-state index is 11.9. The zero-order chi connectivity index (χ0) is 18.2. The Bertz CT molecular complexity index is 844. The molecule has 134 valence electrons. The van der Waals surface area contributed by atoms with E-state index >= 15 is 0 Å². The van der Waals surface area contributed by atoms with E-state index in [2.05, 4.69) is 20.6 Å². The van der Waals surface area contributed by atoms with Gasteiger partial charge in [-0.25, -0.2) is 4.98 Å². The molecule has 0 radical (unpaired) electrons. The predicted molar refractivity (Wildman–Crippen MR) is 102 cm³/mol. The summed E-state index contributed by atoms with van der Waals surface area (Å²) in [5, 5.41) is 7.51. The molecule has 0 unspecified atom stereocenters. The first-order valence-electron chi connectivity index (χ1n) is 8.40. The van der Waals surface area contributed by atoms with Crippen molar-refractivity contribution >= 4 is 23.2 Å². The third kappa shape index (κ3) is 5.03. The van der Waals surface area contributed by atoms with E-state index in [4.69, 9.17) is 0 Å². The van der Waals surface area contributed by atoms with Gasteiger partial charge in [0.05, 0.1) is 23.3 Å². The lowest BCUT2D eigenvalue weighted by molar-refractivity contribution is -0.121. The van der Waals surface area contributed by atoms with Crippen molar-refractivity contribution in [3.05, 3.63) is 64.7 Å². The van der Waals surface area contributed by atoms with Gasteiger partial charge in [0.15, 0.2) is 0 Å². The number of hydrogen-bond acceptors (Lipinski definition) is 4. The first-order chi connectivity index (χ1) is 12.7. The van der Waals surface area contributed by atoms with Crippen LogP contribution in [0.15, 0.2) is 54.0 Å². The smallest absolute Gasteiger partial charge is 0.261 e. The van der Waals surface area contributed by atoms with E-state index in [1.807, 2.05) is 41.8 Å². The lowest BCUT2D eigenvalue weighted by Crippen LogP contribution is -2.27. The predicted octanol–water partition coefficient (Wildman–Crippen LogP) is 2.96. The monoisotopic (exact) mass is 368 g/mol. The maximum absolute atomic E-state index is 11.9. The van der Waals surface area contributed by atoms with Gasteiger partial charge in [-0.2, -0.15) is 0 Å². The molecule has 2 amide bonds. The Morgan fingerprint density at radius 1 is 1.08 bits per heavy atom. The van der Waals surface area contributed by atoms with Crippen molar-refractivity contribution in [2.24, 2.45) is 0 Å². The van der Waals surface area contributed by atoms with E-state index in [0.29, 0.717) is 36.6 Å². The number of hydrogen-bond donors (Lipinski definition) is 3. The van der Waals surface area contributed by atoms with E-state index in [1.165, 1.54) is 11.3 Å². The highest BCUT2D eigenvalue weighted by Gasteiger charge is 2.07. The molecule has 0 saturated heterocycles. The summed E-state index contributed by atoms with van der Waals surface area (Å²) in [4.78, 5) is 31.8. The highest BCUT2D eigenvalue weighted by atomic mass is 32.1. The normalized spacial score (nSPS) is 10.5. The molecular formula is C19H20N4O2S. The van der Waals surface area contributed by atoms with Gasteiger partial charge < -0.3 is 15.6 Å². The SMILES string of the molecule is O=C(CCCNC(=O)c1cccs1)NCc1ncc(-c2ccccc2)[nH]1. The summed E-state index contributed by atoms with van der Waals surface area (Å²) in [6.45, 7) is 0.830. The lowest BCUT2D eigenvalue weighted by atomic mass is 10.2. The first kappa shape index (κ1) is 17.9. The minimum Gasteiger partial charge on any atom is -0.351 e. The van der Waals surface area contributed by atoms with Crippen LogP contribution in [0.25, 0.3) is 11.3 Å². The molecule has 0 aliphatic rings. The molecule has 3 aromatic rings. The maximum Gasteiger partial charge on any atom is 0.261 e. The molecule has 6 nitrogen and oxygen atoms in total. The lowest BCUT2D eigenvalue weighted by Gasteiger charge is -2.05. The van der Waals surface area contributed by atoms with E-state index in [0.717, 1.165) is 11.3 Å². The van der Waals surface area contributed by atoms with Crippen molar-refractivity contribution in [3.63, 3.8) is 0 Å². The number of benzene rings is 1. The quantitative estimate of drug-likeness (QED) is 0.534. The van der Waals surface area contributed by atoms with Crippen LogP contribution in [0.4, 0.5) is 0 Å². The Kier molecular flexibility index (Phi) is 6.16. The summed E-state index contributed by atoms with van der Waals surface area (Å²) in [7, 11) is 0. The van der Waals surface area contributed by atoms with Gasteiger partial charge in [-0.05, 0) is 23.4 Å². The highest BCUT2D eigenvalue weighted by Crippen LogP contribution is 2.15. The summed E-state index contributed by atoms with van der Waals surface area (Å²) in [6.07, 6.45) is 2.71. The molecule has 0 saturated carbocycles. The average Bonchev–Trinajstić information content (AvgIpc) is 3.36. The number of carbonyl (C=O) groups excluding carboxylic acids is 2. The van der Waals surface area contributed by atoms with Crippen LogP contribution in [0, 0.1) is 0 Å². The molecule has 0 fully saturated rings. The number of aromatic amines is 1. The Labute approximate surface area is 155 Å². The number of thiophene rings is 1. The Morgan fingerprint density at radius 2 is 1.92 bits per heavy atom. The van der Waals surface area contributed by atoms with E-state index in [1.54, 1.807) is 12.3 Å². The van der Waals surface area contributed by atoms with Gasteiger partial charge in [-0.15, -0.1) is 11.3 Å². The summed E-state index contributed by atoms with van der Waals surface area (Å²) >= 11 is 1.40. The van der Waals surface area contributed by atoms with Crippen molar-refractivity contribution in [2.45, 2.75) is 19.4 Å². The van der Waals surface area contributed by atoms with Crippen molar-refractivity contribution in [2.75, 3.05) is 6.54 Å². The van der Waals surface area contributed by atoms with Crippen LogP contribution in [0.3, 0.4) is 0 Å². The number of amides is 2. The molecule has 0 aliphatic carbocycles. The van der Waals surface area contributed by atoms with E-state index in [-0.39, 0.29) is 11.8 Å². The third-order valence-corrected chi connectivity index (χ3v) is 4.65. The van der Waals surface area contributed by atoms with Gasteiger partial charge in [-0.1, -0.05) is 36.4 Å². The summed E-state index contributed by atoms with van der Waals surface area (Å²) in [5.74, 6) is 0.556. The molecule has 2 aromatic heterocycles. The number of H-pyrrole nitrogens is 1. The second-order valence-electron chi connectivity index (χ2n) is 5.72. The van der Waals surface area contributed by atoms with Gasteiger partial charge in [0.25, 0.3) is 5.91 Å². The molecule has 2 heterocycles. The minimum atomic E-state index is -0.0931. The number of imidazole rings is 1.